The second-order valence-electron chi connectivity index (χ2n) is 8.40. The van der Waals surface area contributed by atoms with Crippen molar-refractivity contribution in [2.45, 2.75) is 64.9 Å². The topological polar surface area (TPSA) is 20.2 Å². The van der Waals surface area contributed by atoms with Crippen molar-refractivity contribution in [1.29, 1.82) is 0 Å². The van der Waals surface area contributed by atoms with E-state index < -0.39 is 0 Å². The number of hydrogen-bond acceptors (Lipinski definition) is 1. The maximum absolute atomic E-state index is 10.0. The summed E-state index contributed by atoms with van der Waals surface area (Å²) in [6.07, 6.45) is 13.4. The Morgan fingerprint density at radius 1 is 1.05 bits per heavy atom. The van der Waals surface area contributed by atoms with Gasteiger partial charge in [0.15, 0.2) is 0 Å². The molecule has 4 rings (SSSR count). The zero-order valence-corrected chi connectivity index (χ0v) is 15.4. The van der Waals surface area contributed by atoms with Crippen LogP contribution < -0.4 is 0 Å². The Balaban J connectivity index is 1.68. The second kappa shape index (κ2) is 4.83. The Morgan fingerprint density at radius 3 is 2.62 bits per heavy atom. The van der Waals surface area contributed by atoms with Crippen LogP contribution in [0.5, 0.6) is 0 Å². The van der Waals surface area contributed by atoms with E-state index in [1.165, 1.54) is 32.1 Å². The Labute approximate surface area is 142 Å². The van der Waals surface area contributed by atoms with Crippen LogP contribution in [0.2, 0.25) is 0 Å². The number of fused-ring (bicyclic) bond motifs is 5. The Morgan fingerprint density at radius 2 is 1.81 bits per heavy atom. The maximum atomic E-state index is 10.0. The van der Waals surface area contributed by atoms with Gasteiger partial charge in [-0.1, -0.05) is 31.6 Å². The highest BCUT2D eigenvalue weighted by atomic mass is 127. The van der Waals surface area contributed by atoms with E-state index in [1.807, 2.05) is 0 Å². The van der Waals surface area contributed by atoms with Crippen molar-refractivity contribution in [2.75, 3.05) is 0 Å². The average Bonchev–Trinajstić information content (AvgIpc) is 2.76. The molecular weight excluding hydrogens is 371 g/mol. The molecule has 0 aromatic rings. The highest BCUT2D eigenvalue weighted by Gasteiger charge is 2.56. The minimum absolute atomic E-state index is 0.0798. The lowest BCUT2D eigenvalue weighted by molar-refractivity contribution is -0.0268. The largest absolute Gasteiger partial charge is 0.393 e. The molecule has 2 heteroatoms. The predicted molar refractivity (Wildman–Crippen MR) is 95.2 cm³/mol. The van der Waals surface area contributed by atoms with Gasteiger partial charge in [-0.3, -0.25) is 0 Å². The zero-order valence-electron chi connectivity index (χ0n) is 13.2. The summed E-state index contributed by atoms with van der Waals surface area (Å²) < 4.78 is 1.63. The van der Waals surface area contributed by atoms with Gasteiger partial charge in [0.2, 0.25) is 0 Å². The molecule has 0 amide bonds. The summed E-state index contributed by atoms with van der Waals surface area (Å²) in [6, 6.07) is 0. The fourth-order valence-electron chi connectivity index (χ4n) is 6.16. The SMILES string of the molecule is CC12CC[C@H](O)CC1=CCC1C2CC[C@]2(C)C(I)=CCC12. The molecule has 0 heterocycles. The third-order valence-corrected chi connectivity index (χ3v) is 9.24. The molecule has 0 saturated heterocycles. The summed E-state index contributed by atoms with van der Waals surface area (Å²) in [6.45, 7) is 5.03. The van der Waals surface area contributed by atoms with Crippen LogP contribution in [0.1, 0.15) is 58.8 Å². The summed E-state index contributed by atoms with van der Waals surface area (Å²) in [5.74, 6) is 2.60. The first-order chi connectivity index (χ1) is 9.95. The summed E-state index contributed by atoms with van der Waals surface area (Å²) in [7, 11) is 0. The lowest BCUT2D eigenvalue weighted by Crippen LogP contribution is -2.49. The van der Waals surface area contributed by atoms with E-state index in [0.717, 1.165) is 30.6 Å². The van der Waals surface area contributed by atoms with Gasteiger partial charge in [0.1, 0.15) is 0 Å². The van der Waals surface area contributed by atoms with E-state index in [9.17, 15) is 5.11 Å². The van der Waals surface area contributed by atoms with Crippen molar-refractivity contribution >= 4 is 22.6 Å². The molecule has 21 heavy (non-hydrogen) atoms. The molecule has 0 spiro atoms. The summed E-state index contributed by atoms with van der Waals surface area (Å²) in [5, 5.41) is 10.0. The maximum Gasteiger partial charge on any atom is 0.0577 e. The molecule has 0 aromatic heterocycles. The number of allylic oxidation sites excluding steroid dienone is 3. The van der Waals surface area contributed by atoms with E-state index in [-0.39, 0.29) is 6.10 Å². The number of halogens is 1. The molecule has 4 aliphatic rings. The van der Waals surface area contributed by atoms with E-state index in [2.05, 4.69) is 48.6 Å². The molecule has 6 atom stereocenters. The zero-order chi connectivity index (χ0) is 14.8. The monoisotopic (exact) mass is 398 g/mol. The van der Waals surface area contributed by atoms with Crippen molar-refractivity contribution in [1.82, 2.24) is 0 Å². The predicted octanol–water partition coefficient (Wildman–Crippen LogP) is 5.24. The van der Waals surface area contributed by atoms with Gasteiger partial charge >= 0.3 is 0 Å². The molecule has 0 bridgehead atoms. The van der Waals surface area contributed by atoms with Crippen molar-refractivity contribution in [3.8, 4) is 0 Å². The first kappa shape index (κ1) is 14.7. The average molecular weight is 398 g/mol. The van der Waals surface area contributed by atoms with Crippen molar-refractivity contribution in [3.05, 3.63) is 21.3 Å². The number of hydrogen-bond donors (Lipinski definition) is 1. The Kier molecular flexibility index (Phi) is 3.39. The van der Waals surface area contributed by atoms with Gasteiger partial charge in [-0.2, -0.15) is 0 Å². The van der Waals surface area contributed by atoms with Crippen molar-refractivity contribution in [3.63, 3.8) is 0 Å². The third-order valence-electron chi connectivity index (χ3n) is 7.56. The summed E-state index contributed by atoms with van der Waals surface area (Å²) >= 11 is 2.60. The smallest absolute Gasteiger partial charge is 0.0577 e. The van der Waals surface area contributed by atoms with Gasteiger partial charge in [0, 0.05) is 5.41 Å². The standard InChI is InChI=1S/C19H27IO/c1-18-9-7-13(21)11-12(18)3-4-14-15-5-6-17(20)19(15,2)10-8-16(14)18/h3,6,13-16,21H,4-5,7-11H2,1-2H3/t13-,14?,15?,16?,18?,19-/m0/s1. The summed E-state index contributed by atoms with van der Waals surface area (Å²) in [4.78, 5) is 0. The van der Waals surface area contributed by atoms with Crippen LogP contribution in [0, 0.1) is 28.6 Å². The molecule has 4 unspecified atom stereocenters. The Bertz CT molecular complexity index is 522. The van der Waals surface area contributed by atoms with E-state index in [0.29, 0.717) is 10.8 Å². The van der Waals surface area contributed by atoms with Crippen LogP contribution in [0.15, 0.2) is 21.3 Å². The number of rotatable bonds is 0. The molecule has 0 aromatic carbocycles. The molecule has 2 saturated carbocycles. The van der Waals surface area contributed by atoms with Gasteiger partial charge in [0.25, 0.3) is 0 Å². The van der Waals surface area contributed by atoms with Gasteiger partial charge in [-0.15, -0.1) is 0 Å². The Hall–Kier alpha value is 0.170. The fourth-order valence-corrected chi connectivity index (χ4v) is 7.08. The fraction of sp³-hybridized carbons (Fsp3) is 0.789. The van der Waals surface area contributed by atoms with Crippen LogP contribution >= 0.6 is 22.6 Å². The molecule has 4 aliphatic carbocycles. The van der Waals surface area contributed by atoms with Crippen LogP contribution in [0.4, 0.5) is 0 Å². The molecule has 116 valence electrons. The first-order valence-electron chi connectivity index (χ1n) is 8.69. The molecule has 2 fully saturated rings. The van der Waals surface area contributed by atoms with E-state index >= 15 is 0 Å². The lowest BCUT2D eigenvalue weighted by atomic mass is 9.48. The van der Waals surface area contributed by atoms with Crippen molar-refractivity contribution < 1.29 is 5.11 Å². The van der Waals surface area contributed by atoms with E-state index in [1.54, 1.807) is 9.15 Å². The van der Waals surface area contributed by atoms with Crippen LogP contribution in [0.3, 0.4) is 0 Å². The quantitative estimate of drug-likeness (QED) is 0.437. The van der Waals surface area contributed by atoms with Crippen LogP contribution in [-0.2, 0) is 0 Å². The van der Waals surface area contributed by atoms with E-state index in [4.69, 9.17) is 0 Å². The summed E-state index contributed by atoms with van der Waals surface area (Å²) in [5.41, 5.74) is 2.45. The molecular formula is C19H27IO. The molecule has 0 radical (unpaired) electrons. The van der Waals surface area contributed by atoms with Gasteiger partial charge in [0.05, 0.1) is 6.10 Å². The number of aliphatic hydroxyl groups is 1. The van der Waals surface area contributed by atoms with Gasteiger partial charge < -0.3 is 5.11 Å². The van der Waals surface area contributed by atoms with Gasteiger partial charge in [-0.25, -0.2) is 0 Å². The second-order valence-corrected chi connectivity index (χ2v) is 9.56. The normalized spacial score (nSPS) is 52.4. The molecule has 1 nitrogen and oxygen atoms in total. The molecule has 0 aliphatic heterocycles. The minimum Gasteiger partial charge on any atom is -0.393 e. The van der Waals surface area contributed by atoms with Crippen molar-refractivity contribution in [2.24, 2.45) is 28.6 Å². The highest BCUT2D eigenvalue weighted by Crippen LogP contribution is 2.65. The first-order valence-corrected chi connectivity index (χ1v) is 9.77. The number of aliphatic hydroxyl groups excluding tert-OH is 1. The minimum atomic E-state index is -0.0798. The van der Waals surface area contributed by atoms with Crippen LogP contribution in [0.25, 0.3) is 0 Å². The highest BCUT2D eigenvalue weighted by molar-refractivity contribution is 14.1. The van der Waals surface area contributed by atoms with Crippen LogP contribution in [-0.4, -0.2) is 11.2 Å². The van der Waals surface area contributed by atoms with Gasteiger partial charge in [-0.05, 0) is 94.3 Å². The third kappa shape index (κ3) is 1.97. The lowest BCUT2D eigenvalue weighted by Gasteiger charge is -2.57. The molecule has 1 N–H and O–H groups in total.